The van der Waals surface area contributed by atoms with Crippen molar-refractivity contribution >= 4 is 38.5 Å². The van der Waals surface area contributed by atoms with Crippen LogP contribution in [0, 0.1) is 0 Å². The van der Waals surface area contributed by atoms with Crippen LogP contribution in [0.2, 0.25) is 5.02 Å². The zero-order valence-electron chi connectivity index (χ0n) is 11.6. The lowest BCUT2D eigenvalue weighted by Gasteiger charge is -2.13. The predicted molar refractivity (Wildman–Crippen MR) is 85.3 cm³/mol. The molecule has 0 bridgehead atoms. The highest BCUT2D eigenvalue weighted by Gasteiger charge is 2.14. The van der Waals surface area contributed by atoms with Crippen LogP contribution in [0.3, 0.4) is 0 Å². The average Bonchev–Trinajstić information content (AvgIpc) is 2.42. The molecule has 5 nitrogen and oxygen atoms in total. The number of hydrogen-bond acceptors (Lipinski definition) is 5. The monoisotopic (exact) mass is 326 g/mol. The van der Waals surface area contributed by atoms with Crippen molar-refractivity contribution in [2.75, 3.05) is 24.4 Å². The Labute approximate surface area is 128 Å². The number of nitrogens with one attached hydrogen (secondary N) is 1. The maximum Gasteiger partial charge on any atom is 0.177 e. The highest BCUT2D eigenvalue weighted by atomic mass is 35.5. The van der Waals surface area contributed by atoms with Gasteiger partial charge in [-0.25, -0.2) is 8.42 Å². The van der Waals surface area contributed by atoms with Gasteiger partial charge in [0.15, 0.2) is 9.84 Å². The van der Waals surface area contributed by atoms with E-state index >= 15 is 0 Å². The van der Waals surface area contributed by atoms with E-state index in [2.05, 4.69) is 5.32 Å². The lowest BCUT2D eigenvalue weighted by Crippen LogP contribution is -2.05. The second kappa shape index (κ2) is 5.83. The van der Waals surface area contributed by atoms with Gasteiger partial charge < -0.3 is 15.8 Å². The summed E-state index contributed by atoms with van der Waals surface area (Å²) in [6.45, 7) is 0. The van der Waals surface area contributed by atoms with Gasteiger partial charge in [-0.05, 0) is 24.3 Å². The Morgan fingerprint density at radius 1 is 1.24 bits per heavy atom. The summed E-state index contributed by atoms with van der Waals surface area (Å²) in [6, 6.07) is 9.93. The molecule has 0 spiro atoms. The molecule has 0 saturated carbocycles. The predicted octanol–water partition coefficient (Wildman–Crippen LogP) is 3.08. The number of sulfone groups is 1. The summed E-state index contributed by atoms with van der Waals surface area (Å²) in [5.41, 5.74) is 7.28. The normalized spacial score (nSPS) is 11.2. The molecule has 7 heteroatoms. The van der Waals surface area contributed by atoms with E-state index in [1.54, 1.807) is 30.3 Å². The van der Waals surface area contributed by atoms with Gasteiger partial charge in [0.05, 0.1) is 28.4 Å². The van der Waals surface area contributed by atoms with Crippen LogP contribution < -0.4 is 15.8 Å². The number of anilines is 3. The molecule has 0 aliphatic rings. The molecular weight excluding hydrogens is 312 g/mol. The van der Waals surface area contributed by atoms with E-state index in [4.69, 9.17) is 22.1 Å². The van der Waals surface area contributed by atoms with Gasteiger partial charge in [0.1, 0.15) is 5.75 Å². The molecule has 2 rings (SSSR count). The number of ether oxygens (including phenoxy) is 1. The molecule has 0 amide bonds. The zero-order chi connectivity index (χ0) is 15.6. The Kier molecular flexibility index (Phi) is 4.29. The SMILES string of the molecule is COc1cc(Nc2cccc(S(C)(=O)=O)c2N)ccc1Cl. The summed E-state index contributed by atoms with van der Waals surface area (Å²) in [5.74, 6) is 0.513. The van der Waals surface area contributed by atoms with E-state index in [0.29, 0.717) is 22.1 Å². The van der Waals surface area contributed by atoms with Crippen LogP contribution in [0.5, 0.6) is 5.75 Å². The Balaban J connectivity index is 2.41. The minimum absolute atomic E-state index is 0.0911. The Morgan fingerprint density at radius 2 is 1.95 bits per heavy atom. The van der Waals surface area contributed by atoms with Crippen LogP contribution in [-0.2, 0) is 9.84 Å². The summed E-state index contributed by atoms with van der Waals surface area (Å²) >= 11 is 5.96. The third-order valence-electron chi connectivity index (χ3n) is 2.90. The number of rotatable bonds is 4. The number of nitrogens with two attached hydrogens (primary N) is 1. The van der Waals surface area contributed by atoms with E-state index < -0.39 is 9.84 Å². The van der Waals surface area contributed by atoms with Gasteiger partial charge in [0.25, 0.3) is 0 Å². The maximum absolute atomic E-state index is 11.7. The zero-order valence-corrected chi connectivity index (χ0v) is 13.1. The van der Waals surface area contributed by atoms with Gasteiger partial charge in [-0.15, -0.1) is 0 Å². The van der Waals surface area contributed by atoms with Crippen molar-refractivity contribution < 1.29 is 13.2 Å². The minimum atomic E-state index is -3.38. The topological polar surface area (TPSA) is 81.4 Å². The second-order valence-corrected chi connectivity index (χ2v) is 6.86. The van der Waals surface area contributed by atoms with Crippen LogP contribution in [0.15, 0.2) is 41.3 Å². The number of benzene rings is 2. The first-order valence-electron chi connectivity index (χ1n) is 6.02. The van der Waals surface area contributed by atoms with Crippen LogP contribution in [0.4, 0.5) is 17.1 Å². The average molecular weight is 327 g/mol. The summed E-state index contributed by atoms with van der Waals surface area (Å²) in [7, 11) is -1.86. The first-order valence-corrected chi connectivity index (χ1v) is 8.29. The molecule has 21 heavy (non-hydrogen) atoms. The highest BCUT2D eigenvalue weighted by Crippen LogP contribution is 2.32. The van der Waals surface area contributed by atoms with Crippen molar-refractivity contribution in [3.05, 3.63) is 41.4 Å². The summed E-state index contributed by atoms with van der Waals surface area (Å²) < 4.78 is 28.4. The lowest BCUT2D eigenvalue weighted by atomic mass is 10.2. The van der Waals surface area contributed by atoms with Gasteiger partial charge in [0, 0.05) is 18.0 Å². The van der Waals surface area contributed by atoms with Crippen molar-refractivity contribution in [3.63, 3.8) is 0 Å². The minimum Gasteiger partial charge on any atom is -0.495 e. The third-order valence-corrected chi connectivity index (χ3v) is 4.36. The quantitative estimate of drug-likeness (QED) is 0.844. The smallest absolute Gasteiger partial charge is 0.177 e. The van der Waals surface area contributed by atoms with Gasteiger partial charge in [-0.1, -0.05) is 17.7 Å². The van der Waals surface area contributed by atoms with E-state index in [0.717, 1.165) is 6.26 Å². The van der Waals surface area contributed by atoms with Gasteiger partial charge >= 0.3 is 0 Å². The van der Waals surface area contributed by atoms with Gasteiger partial charge in [-0.2, -0.15) is 0 Å². The van der Waals surface area contributed by atoms with Crippen LogP contribution >= 0.6 is 11.6 Å². The van der Waals surface area contributed by atoms with E-state index in [9.17, 15) is 8.42 Å². The van der Waals surface area contributed by atoms with Gasteiger partial charge in [0.2, 0.25) is 0 Å². The maximum atomic E-state index is 11.7. The molecule has 0 atom stereocenters. The van der Waals surface area contributed by atoms with Gasteiger partial charge in [-0.3, -0.25) is 0 Å². The Morgan fingerprint density at radius 3 is 2.57 bits per heavy atom. The van der Waals surface area contributed by atoms with E-state index in [1.165, 1.54) is 13.2 Å². The first kappa shape index (κ1) is 15.5. The first-order chi connectivity index (χ1) is 9.82. The standard InChI is InChI=1S/C14H15ClN2O3S/c1-20-12-8-9(6-7-10(12)15)17-11-4-3-5-13(14(11)16)21(2,18)19/h3-8,17H,16H2,1-2H3. The molecule has 0 saturated heterocycles. The molecule has 3 N–H and O–H groups in total. The van der Waals surface area contributed by atoms with Crippen molar-refractivity contribution in [1.82, 2.24) is 0 Å². The van der Waals surface area contributed by atoms with Crippen molar-refractivity contribution in [2.45, 2.75) is 4.90 Å². The van der Waals surface area contributed by atoms with E-state index in [-0.39, 0.29) is 10.6 Å². The molecular formula is C14H15ClN2O3S. The third kappa shape index (κ3) is 3.40. The molecule has 0 radical (unpaired) electrons. The fraction of sp³-hybridized carbons (Fsp3) is 0.143. The molecule has 0 aliphatic carbocycles. The lowest BCUT2D eigenvalue weighted by molar-refractivity contribution is 0.415. The molecule has 112 valence electrons. The summed E-state index contributed by atoms with van der Waals surface area (Å²) in [6.07, 6.45) is 1.12. The Bertz CT molecular complexity index is 776. The van der Waals surface area contributed by atoms with Crippen LogP contribution in [0.25, 0.3) is 0 Å². The summed E-state index contributed by atoms with van der Waals surface area (Å²) in [4.78, 5) is 0.0911. The molecule has 0 aliphatic heterocycles. The fourth-order valence-electron chi connectivity index (χ4n) is 1.87. The summed E-state index contributed by atoms with van der Waals surface area (Å²) in [5, 5.41) is 3.55. The number of methoxy groups -OCH3 is 1. The molecule has 0 heterocycles. The van der Waals surface area contributed by atoms with Crippen LogP contribution in [-0.4, -0.2) is 21.8 Å². The number of para-hydroxylation sites is 1. The Hall–Kier alpha value is -1.92. The molecule has 0 fully saturated rings. The van der Waals surface area contributed by atoms with E-state index in [1.807, 2.05) is 0 Å². The van der Waals surface area contributed by atoms with Crippen molar-refractivity contribution in [2.24, 2.45) is 0 Å². The number of hydrogen-bond donors (Lipinski definition) is 2. The second-order valence-electron chi connectivity index (χ2n) is 4.46. The molecule has 0 unspecified atom stereocenters. The number of halogens is 1. The van der Waals surface area contributed by atoms with Crippen LogP contribution in [0.1, 0.15) is 0 Å². The molecule has 0 aromatic heterocycles. The molecule has 2 aromatic carbocycles. The van der Waals surface area contributed by atoms with Crippen molar-refractivity contribution in [1.29, 1.82) is 0 Å². The largest absolute Gasteiger partial charge is 0.495 e. The number of nitrogen functional groups attached to an aromatic ring is 1. The van der Waals surface area contributed by atoms with Crippen molar-refractivity contribution in [3.8, 4) is 5.75 Å². The highest BCUT2D eigenvalue weighted by molar-refractivity contribution is 7.90. The fourth-order valence-corrected chi connectivity index (χ4v) is 2.90. The molecule has 2 aromatic rings.